The molecule has 1 saturated heterocycles. The van der Waals surface area contributed by atoms with Gasteiger partial charge >= 0.3 is 6.09 Å². The van der Waals surface area contributed by atoms with Crippen LogP contribution in [-0.4, -0.2) is 58.1 Å². The highest BCUT2D eigenvalue weighted by Gasteiger charge is 2.24. The summed E-state index contributed by atoms with van der Waals surface area (Å²) in [4.78, 5) is 22.0. The van der Waals surface area contributed by atoms with Crippen LogP contribution in [0.15, 0.2) is 35.8 Å². The van der Waals surface area contributed by atoms with E-state index < -0.39 is 0 Å². The second kappa shape index (κ2) is 7.70. The van der Waals surface area contributed by atoms with Crippen molar-refractivity contribution in [1.82, 2.24) is 19.2 Å². The standard InChI is InChI=1S/C20H24N4O2S/c1-3-26-20(25)23-10-8-22(9-11-23)14-17-18(16-6-4-15(2)5-7-16)21-19-24(17)12-13-27-19/h4-7,12-13H,3,8-11,14H2,1-2H3. The van der Waals surface area contributed by atoms with Crippen LogP contribution in [0.4, 0.5) is 4.79 Å². The number of benzene rings is 1. The minimum Gasteiger partial charge on any atom is -0.450 e. The Labute approximate surface area is 163 Å². The highest BCUT2D eigenvalue weighted by molar-refractivity contribution is 7.15. The summed E-state index contributed by atoms with van der Waals surface area (Å²) < 4.78 is 7.30. The van der Waals surface area contributed by atoms with Crippen LogP contribution in [0.5, 0.6) is 0 Å². The van der Waals surface area contributed by atoms with Gasteiger partial charge in [0.15, 0.2) is 4.96 Å². The zero-order valence-corrected chi connectivity index (χ0v) is 16.5. The quantitative estimate of drug-likeness (QED) is 0.689. The highest BCUT2D eigenvalue weighted by Crippen LogP contribution is 2.28. The summed E-state index contributed by atoms with van der Waals surface area (Å²) in [5, 5.41) is 2.07. The number of carbonyl (C=O) groups excluding carboxylic acids is 1. The molecule has 0 unspecified atom stereocenters. The Morgan fingerprint density at radius 1 is 1.19 bits per heavy atom. The monoisotopic (exact) mass is 384 g/mol. The van der Waals surface area contributed by atoms with E-state index >= 15 is 0 Å². The summed E-state index contributed by atoms with van der Waals surface area (Å²) in [6.07, 6.45) is 1.89. The molecule has 1 fully saturated rings. The first kappa shape index (κ1) is 18.0. The molecule has 27 heavy (non-hydrogen) atoms. The predicted octanol–water partition coefficient (Wildman–Crippen LogP) is 3.65. The molecule has 4 rings (SSSR count). The lowest BCUT2D eigenvalue weighted by Gasteiger charge is -2.34. The molecule has 1 aliphatic rings. The SMILES string of the molecule is CCOC(=O)N1CCN(Cc2c(-c3ccc(C)cc3)nc3sccn23)CC1. The summed E-state index contributed by atoms with van der Waals surface area (Å²) in [7, 11) is 0. The average molecular weight is 385 g/mol. The molecule has 0 bridgehead atoms. The number of amides is 1. The third kappa shape index (κ3) is 3.70. The molecule has 0 aliphatic carbocycles. The number of piperazine rings is 1. The van der Waals surface area contributed by atoms with E-state index in [1.807, 2.05) is 6.92 Å². The Morgan fingerprint density at radius 2 is 1.93 bits per heavy atom. The number of aryl methyl sites for hydroxylation is 1. The maximum Gasteiger partial charge on any atom is 0.409 e. The van der Waals surface area contributed by atoms with Crippen LogP contribution in [0.2, 0.25) is 0 Å². The van der Waals surface area contributed by atoms with Gasteiger partial charge in [-0.05, 0) is 13.8 Å². The fourth-order valence-corrected chi connectivity index (χ4v) is 4.17. The number of hydrogen-bond donors (Lipinski definition) is 0. The van der Waals surface area contributed by atoms with E-state index in [0.717, 1.165) is 35.9 Å². The normalized spacial score (nSPS) is 15.4. The molecule has 6 nitrogen and oxygen atoms in total. The third-order valence-electron chi connectivity index (χ3n) is 4.96. The predicted molar refractivity (Wildman–Crippen MR) is 107 cm³/mol. The Morgan fingerprint density at radius 3 is 2.63 bits per heavy atom. The molecule has 0 spiro atoms. The number of aromatic nitrogens is 2. The summed E-state index contributed by atoms with van der Waals surface area (Å²) in [5.74, 6) is 0. The zero-order valence-electron chi connectivity index (χ0n) is 15.7. The lowest BCUT2D eigenvalue weighted by molar-refractivity contribution is 0.0775. The minimum atomic E-state index is -0.206. The van der Waals surface area contributed by atoms with Crippen molar-refractivity contribution in [2.45, 2.75) is 20.4 Å². The second-order valence-corrected chi connectivity index (χ2v) is 7.66. The van der Waals surface area contributed by atoms with Gasteiger partial charge in [-0.1, -0.05) is 29.8 Å². The van der Waals surface area contributed by atoms with Crippen LogP contribution in [0.25, 0.3) is 16.2 Å². The first-order valence-electron chi connectivity index (χ1n) is 9.31. The molecule has 1 aliphatic heterocycles. The Kier molecular flexibility index (Phi) is 5.13. The van der Waals surface area contributed by atoms with Gasteiger partial charge in [0.2, 0.25) is 0 Å². The van der Waals surface area contributed by atoms with Gasteiger partial charge in [0.25, 0.3) is 0 Å². The summed E-state index contributed by atoms with van der Waals surface area (Å²) >= 11 is 1.66. The maximum absolute atomic E-state index is 11.9. The van der Waals surface area contributed by atoms with Crippen LogP contribution in [0, 0.1) is 6.92 Å². The van der Waals surface area contributed by atoms with E-state index in [-0.39, 0.29) is 6.09 Å². The average Bonchev–Trinajstić information content (AvgIpc) is 3.26. The van der Waals surface area contributed by atoms with Gasteiger partial charge in [0.05, 0.1) is 18.0 Å². The van der Waals surface area contributed by atoms with Crippen LogP contribution in [0.3, 0.4) is 0 Å². The molecule has 0 atom stereocenters. The highest BCUT2D eigenvalue weighted by atomic mass is 32.1. The number of carbonyl (C=O) groups is 1. The molecule has 7 heteroatoms. The van der Waals surface area contributed by atoms with E-state index in [1.54, 1.807) is 16.2 Å². The van der Waals surface area contributed by atoms with E-state index in [2.05, 4.69) is 52.1 Å². The van der Waals surface area contributed by atoms with Crippen LogP contribution < -0.4 is 0 Å². The summed E-state index contributed by atoms with van der Waals surface area (Å²) in [6.45, 7) is 8.25. The summed E-state index contributed by atoms with van der Waals surface area (Å²) in [6, 6.07) is 8.54. The molecule has 3 heterocycles. The van der Waals surface area contributed by atoms with E-state index in [0.29, 0.717) is 19.7 Å². The van der Waals surface area contributed by atoms with Gasteiger partial charge in [0, 0.05) is 49.9 Å². The van der Waals surface area contributed by atoms with Crippen molar-refractivity contribution in [3.8, 4) is 11.3 Å². The number of thiazole rings is 1. The van der Waals surface area contributed by atoms with Crippen molar-refractivity contribution >= 4 is 22.4 Å². The minimum absolute atomic E-state index is 0.206. The van der Waals surface area contributed by atoms with E-state index in [1.165, 1.54) is 11.3 Å². The van der Waals surface area contributed by atoms with Gasteiger partial charge in [-0.2, -0.15) is 0 Å². The molecule has 0 N–H and O–H groups in total. The van der Waals surface area contributed by atoms with Crippen molar-refractivity contribution < 1.29 is 9.53 Å². The Bertz CT molecular complexity index is 923. The molecule has 0 radical (unpaired) electrons. The van der Waals surface area contributed by atoms with Gasteiger partial charge in [0.1, 0.15) is 0 Å². The molecule has 3 aromatic rings. The fraction of sp³-hybridized carbons (Fsp3) is 0.400. The van der Waals surface area contributed by atoms with E-state index in [9.17, 15) is 4.79 Å². The van der Waals surface area contributed by atoms with Crippen molar-refractivity contribution in [2.75, 3.05) is 32.8 Å². The number of imidazole rings is 1. The molecule has 2 aromatic heterocycles. The molecule has 0 saturated carbocycles. The maximum atomic E-state index is 11.9. The van der Waals surface area contributed by atoms with Crippen LogP contribution in [-0.2, 0) is 11.3 Å². The molecular weight excluding hydrogens is 360 g/mol. The smallest absolute Gasteiger partial charge is 0.409 e. The Hall–Kier alpha value is -2.38. The molecule has 142 valence electrons. The number of nitrogens with zero attached hydrogens (tertiary/aromatic N) is 4. The lowest BCUT2D eigenvalue weighted by atomic mass is 10.1. The number of ether oxygens (including phenoxy) is 1. The molecular formula is C20H24N4O2S. The third-order valence-corrected chi connectivity index (χ3v) is 5.71. The van der Waals surface area contributed by atoms with Gasteiger partial charge in [-0.15, -0.1) is 11.3 Å². The number of fused-ring (bicyclic) bond motifs is 1. The van der Waals surface area contributed by atoms with Crippen LogP contribution >= 0.6 is 11.3 Å². The topological polar surface area (TPSA) is 50.1 Å². The van der Waals surface area contributed by atoms with Crippen molar-refractivity contribution in [3.05, 3.63) is 47.1 Å². The van der Waals surface area contributed by atoms with Gasteiger partial charge in [-0.25, -0.2) is 9.78 Å². The summed E-state index contributed by atoms with van der Waals surface area (Å²) in [5.41, 5.74) is 4.66. The van der Waals surface area contributed by atoms with Gasteiger partial charge in [-0.3, -0.25) is 9.30 Å². The first-order valence-corrected chi connectivity index (χ1v) is 10.2. The Balaban J connectivity index is 1.54. The number of rotatable bonds is 4. The van der Waals surface area contributed by atoms with Crippen molar-refractivity contribution in [3.63, 3.8) is 0 Å². The zero-order chi connectivity index (χ0) is 18.8. The molecule has 1 aromatic carbocycles. The first-order chi connectivity index (χ1) is 13.2. The van der Waals surface area contributed by atoms with Gasteiger partial charge < -0.3 is 9.64 Å². The second-order valence-electron chi connectivity index (χ2n) is 6.79. The lowest BCUT2D eigenvalue weighted by Crippen LogP contribution is -2.48. The van der Waals surface area contributed by atoms with Crippen molar-refractivity contribution in [2.24, 2.45) is 0 Å². The largest absolute Gasteiger partial charge is 0.450 e. The molecule has 1 amide bonds. The number of hydrogen-bond acceptors (Lipinski definition) is 5. The van der Waals surface area contributed by atoms with Crippen LogP contribution in [0.1, 0.15) is 18.2 Å². The van der Waals surface area contributed by atoms with Crippen molar-refractivity contribution in [1.29, 1.82) is 0 Å². The fourth-order valence-electron chi connectivity index (χ4n) is 3.44. The van der Waals surface area contributed by atoms with E-state index in [4.69, 9.17) is 9.72 Å².